The highest BCUT2D eigenvalue weighted by molar-refractivity contribution is 5.76. The lowest BCUT2D eigenvalue weighted by molar-refractivity contribution is -0.122. The van der Waals surface area contributed by atoms with E-state index >= 15 is 0 Å². The Morgan fingerprint density at radius 1 is 1.18 bits per heavy atom. The van der Waals surface area contributed by atoms with Gasteiger partial charge in [0.1, 0.15) is 0 Å². The van der Waals surface area contributed by atoms with Crippen molar-refractivity contribution in [3.8, 4) is 0 Å². The van der Waals surface area contributed by atoms with E-state index in [1.54, 1.807) is 0 Å². The van der Waals surface area contributed by atoms with Crippen LogP contribution in [0.15, 0.2) is 30.3 Å². The highest BCUT2D eigenvalue weighted by Gasteiger charge is 2.23. The van der Waals surface area contributed by atoms with Gasteiger partial charge in [-0.15, -0.1) is 0 Å². The molecule has 0 bridgehead atoms. The molecule has 120 valence electrons. The first kappa shape index (κ1) is 16.3. The lowest BCUT2D eigenvalue weighted by Gasteiger charge is -2.32. The molecule has 1 saturated heterocycles. The van der Waals surface area contributed by atoms with Crippen molar-refractivity contribution in [1.29, 1.82) is 0 Å². The monoisotopic (exact) mass is 303 g/mol. The number of hydrogen-bond acceptors (Lipinski definition) is 2. The van der Waals surface area contributed by atoms with E-state index in [1.807, 2.05) is 42.2 Å². The summed E-state index contributed by atoms with van der Waals surface area (Å²) in [5, 5.41) is 5.98. The van der Waals surface area contributed by atoms with Crippen LogP contribution < -0.4 is 10.6 Å². The van der Waals surface area contributed by atoms with Gasteiger partial charge in [0, 0.05) is 32.1 Å². The summed E-state index contributed by atoms with van der Waals surface area (Å²) in [5.41, 5.74) is 1.09. The molecular weight excluding hydrogens is 278 g/mol. The zero-order chi connectivity index (χ0) is 15.8. The lowest BCUT2D eigenvalue weighted by Crippen LogP contribution is -2.49. The van der Waals surface area contributed by atoms with E-state index in [4.69, 9.17) is 0 Å². The van der Waals surface area contributed by atoms with Gasteiger partial charge in [-0.05, 0) is 24.8 Å². The predicted molar refractivity (Wildman–Crippen MR) is 86.3 cm³/mol. The molecule has 1 aliphatic heterocycles. The maximum absolute atomic E-state index is 12.1. The zero-order valence-electron chi connectivity index (χ0n) is 13.2. The molecular formula is C17H25N3O2. The van der Waals surface area contributed by atoms with E-state index in [1.165, 1.54) is 0 Å². The van der Waals surface area contributed by atoms with Crippen molar-refractivity contribution >= 4 is 11.9 Å². The van der Waals surface area contributed by atoms with Crippen LogP contribution in [0, 0.1) is 0 Å². The van der Waals surface area contributed by atoms with E-state index in [9.17, 15) is 9.59 Å². The highest BCUT2D eigenvalue weighted by Crippen LogP contribution is 2.11. The van der Waals surface area contributed by atoms with Crippen LogP contribution in [-0.2, 0) is 11.3 Å². The van der Waals surface area contributed by atoms with E-state index in [0.717, 1.165) is 24.8 Å². The fourth-order valence-electron chi connectivity index (χ4n) is 2.64. The van der Waals surface area contributed by atoms with E-state index < -0.39 is 0 Å². The van der Waals surface area contributed by atoms with Crippen LogP contribution in [0.5, 0.6) is 0 Å². The van der Waals surface area contributed by atoms with Gasteiger partial charge in [0.2, 0.25) is 5.91 Å². The van der Waals surface area contributed by atoms with Crippen LogP contribution in [0.2, 0.25) is 0 Å². The first-order valence-corrected chi connectivity index (χ1v) is 8.05. The third-order valence-corrected chi connectivity index (χ3v) is 3.91. The Labute approximate surface area is 132 Å². The molecule has 1 aliphatic rings. The number of hydrogen-bond donors (Lipinski definition) is 2. The smallest absolute Gasteiger partial charge is 0.317 e. The maximum atomic E-state index is 12.1. The molecule has 2 rings (SSSR count). The van der Waals surface area contributed by atoms with Gasteiger partial charge >= 0.3 is 6.03 Å². The average Bonchev–Trinajstić information content (AvgIpc) is 2.54. The van der Waals surface area contributed by atoms with Crippen LogP contribution in [0.25, 0.3) is 0 Å². The van der Waals surface area contributed by atoms with Gasteiger partial charge < -0.3 is 15.5 Å². The average molecular weight is 303 g/mol. The Hall–Kier alpha value is -2.04. The molecule has 0 radical (unpaired) electrons. The van der Waals surface area contributed by atoms with Crippen molar-refractivity contribution in [3.63, 3.8) is 0 Å². The molecule has 0 aromatic heterocycles. The normalized spacial score (nSPS) is 15.4. The Bertz CT molecular complexity index is 482. The van der Waals surface area contributed by atoms with Crippen molar-refractivity contribution in [2.45, 2.75) is 45.2 Å². The largest absolute Gasteiger partial charge is 0.353 e. The molecule has 1 heterocycles. The molecule has 3 amide bonds. The molecule has 0 aliphatic carbocycles. The topological polar surface area (TPSA) is 61.4 Å². The van der Waals surface area contributed by atoms with Crippen molar-refractivity contribution in [2.75, 3.05) is 13.1 Å². The number of nitrogens with one attached hydrogen (secondary N) is 2. The first-order valence-electron chi connectivity index (χ1n) is 8.05. The molecule has 1 aromatic carbocycles. The second kappa shape index (κ2) is 8.41. The number of carbonyl (C=O) groups is 2. The van der Waals surface area contributed by atoms with Crippen LogP contribution >= 0.6 is 0 Å². The van der Waals surface area contributed by atoms with Crippen LogP contribution in [0.4, 0.5) is 4.79 Å². The Kier molecular flexibility index (Phi) is 6.25. The van der Waals surface area contributed by atoms with E-state index in [0.29, 0.717) is 26.1 Å². The van der Waals surface area contributed by atoms with Crippen molar-refractivity contribution in [2.24, 2.45) is 0 Å². The molecule has 1 aromatic rings. The minimum Gasteiger partial charge on any atom is -0.353 e. The fourth-order valence-corrected chi connectivity index (χ4v) is 2.64. The highest BCUT2D eigenvalue weighted by atomic mass is 16.2. The summed E-state index contributed by atoms with van der Waals surface area (Å²) in [4.78, 5) is 25.5. The molecule has 2 N–H and O–H groups in total. The quantitative estimate of drug-likeness (QED) is 0.876. The van der Waals surface area contributed by atoms with Gasteiger partial charge in [0.05, 0.1) is 0 Å². The first-order chi connectivity index (χ1) is 10.7. The molecule has 0 atom stereocenters. The number of amides is 3. The van der Waals surface area contributed by atoms with Crippen LogP contribution in [0.1, 0.15) is 38.2 Å². The van der Waals surface area contributed by atoms with E-state index in [2.05, 4.69) is 10.6 Å². The summed E-state index contributed by atoms with van der Waals surface area (Å²) in [6.07, 6.45) is 3.10. The van der Waals surface area contributed by atoms with Gasteiger partial charge in [-0.2, -0.15) is 0 Å². The molecule has 5 heteroatoms. The van der Waals surface area contributed by atoms with Gasteiger partial charge in [-0.3, -0.25) is 4.79 Å². The summed E-state index contributed by atoms with van der Waals surface area (Å²) in [5.74, 6) is 0.120. The minimum atomic E-state index is -0.0258. The standard InChI is InChI=1S/C17H25N3O2/c1-2-6-16(21)19-15-9-11-20(12-10-15)17(22)18-13-14-7-4-3-5-8-14/h3-5,7-8,15H,2,6,9-13H2,1H3,(H,18,22)(H,19,21). The van der Waals surface area contributed by atoms with Crippen LogP contribution in [-0.4, -0.2) is 36.0 Å². The second-order valence-electron chi connectivity index (χ2n) is 5.72. The lowest BCUT2D eigenvalue weighted by atomic mass is 10.1. The van der Waals surface area contributed by atoms with Gasteiger partial charge in [-0.1, -0.05) is 37.3 Å². The summed E-state index contributed by atoms with van der Waals surface area (Å²) in [6.45, 7) is 3.93. The van der Waals surface area contributed by atoms with Crippen molar-refractivity contribution in [1.82, 2.24) is 15.5 Å². The van der Waals surface area contributed by atoms with E-state index in [-0.39, 0.29) is 18.0 Å². The number of benzene rings is 1. The fraction of sp³-hybridized carbons (Fsp3) is 0.529. The minimum absolute atomic E-state index is 0.0258. The van der Waals surface area contributed by atoms with Crippen molar-refractivity contribution < 1.29 is 9.59 Å². The summed E-state index contributed by atoms with van der Waals surface area (Å²) in [6, 6.07) is 10.1. The summed E-state index contributed by atoms with van der Waals surface area (Å²) in [7, 11) is 0. The van der Waals surface area contributed by atoms with Gasteiger partial charge in [-0.25, -0.2) is 4.79 Å². The number of carbonyl (C=O) groups excluding carboxylic acids is 2. The molecule has 22 heavy (non-hydrogen) atoms. The molecule has 1 fully saturated rings. The summed E-state index contributed by atoms with van der Waals surface area (Å²) < 4.78 is 0. The second-order valence-corrected chi connectivity index (χ2v) is 5.72. The van der Waals surface area contributed by atoms with Crippen LogP contribution in [0.3, 0.4) is 0 Å². The number of likely N-dealkylation sites (tertiary alicyclic amines) is 1. The Balaban J connectivity index is 1.69. The number of urea groups is 1. The number of nitrogens with zero attached hydrogens (tertiary/aromatic N) is 1. The Morgan fingerprint density at radius 2 is 1.86 bits per heavy atom. The third-order valence-electron chi connectivity index (χ3n) is 3.91. The third kappa shape index (κ3) is 5.06. The maximum Gasteiger partial charge on any atom is 0.317 e. The zero-order valence-corrected chi connectivity index (χ0v) is 13.2. The molecule has 0 spiro atoms. The predicted octanol–water partition coefficient (Wildman–Crippen LogP) is 2.28. The summed E-state index contributed by atoms with van der Waals surface area (Å²) >= 11 is 0. The Morgan fingerprint density at radius 3 is 2.50 bits per heavy atom. The van der Waals surface area contributed by atoms with Gasteiger partial charge in [0.25, 0.3) is 0 Å². The molecule has 0 unspecified atom stereocenters. The molecule has 5 nitrogen and oxygen atoms in total. The van der Waals surface area contributed by atoms with Gasteiger partial charge in [0.15, 0.2) is 0 Å². The number of piperidine rings is 1. The SMILES string of the molecule is CCCC(=O)NC1CCN(C(=O)NCc2ccccc2)CC1. The molecule has 0 saturated carbocycles. The van der Waals surface area contributed by atoms with Crippen molar-refractivity contribution in [3.05, 3.63) is 35.9 Å². The number of rotatable bonds is 5.